The van der Waals surface area contributed by atoms with E-state index in [1.54, 1.807) is 12.1 Å². The Morgan fingerprint density at radius 3 is 2.52 bits per heavy atom. The Balaban J connectivity index is 1.97. The number of hydrogen-bond acceptors (Lipinski definition) is 4. The summed E-state index contributed by atoms with van der Waals surface area (Å²) in [4.78, 5) is 12.1. The second kappa shape index (κ2) is 9.04. The first kappa shape index (κ1) is 21.0. The average molecular weight is 433 g/mol. The van der Waals surface area contributed by atoms with Gasteiger partial charge in [-0.1, -0.05) is 45.0 Å². The molecule has 0 aliphatic carbocycles. The zero-order valence-electron chi connectivity index (χ0n) is 16.0. The molecule has 1 amide bonds. The Morgan fingerprint density at radius 2 is 1.93 bits per heavy atom. The van der Waals surface area contributed by atoms with Crippen molar-refractivity contribution < 1.29 is 14.6 Å². The minimum Gasteiger partial charge on any atom is -0.503 e. The smallest absolute Gasteiger partial charge is 0.244 e. The Morgan fingerprint density at radius 1 is 1.26 bits per heavy atom. The molecule has 0 spiro atoms. The Bertz CT molecular complexity index is 825. The fourth-order valence-corrected chi connectivity index (χ4v) is 2.92. The predicted octanol–water partition coefficient (Wildman–Crippen LogP) is 4.54. The number of carbonyl (C=O) groups excluding carboxylic acids is 1. The van der Waals surface area contributed by atoms with Crippen LogP contribution in [-0.2, 0) is 16.6 Å². The number of phenols is 1. The number of hydrogen-bond donors (Lipinski definition) is 2. The predicted molar refractivity (Wildman–Crippen MR) is 112 cm³/mol. The van der Waals surface area contributed by atoms with Crippen LogP contribution in [0.3, 0.4) is 0 Å². The number of nitrogens with one attached hydrogen (secondary N) is 1. The standard InChI is InChI=1S/C21H25BrN2O3/c1-5-27-18-11-15(10-17(22)20(18)26)13-23-24-19(25)12-14-6-8-16(9-7-14)21(2,3)4/h6-11,13,26H,5,12H2,1-4H3,(H,24,25). The van der Waals surface area contributed by atoms with Crippen LogP contribution >= 0.6 is 15.9 Å². The molecule has 0 atom stereocenters. The molecule has 0 unspecified atom stereocenters. The largest absolute Gasteiger partial charge is 0.503 e. The van der Waals surface area contributed by atoms with Crippen LogP contribution in [0.25, 0.3) is 0 Å². The van der Waals surface area contributed by atoms with Crippen molar-refractivity contribution in [3.8, 4) is 11.5 Å². The quantitative estimate of drug-likeness (QED) is 0.519. The molecule has 0 fully saturated rings. The lowest BCUT2D eigenvalue weighted by atomic mass is 9.86. The van der Waals surface area contributed by atoms with E-state index in [-0.39, 0.29) is 23.5 Å². The maximum absolute atomic E-state index is 12.1. The van der Waals surface area contributed by atoms with Crippen LogP contribution in [0.5, 0.6) is 11.5 Å². The highest BCUT2D eigenvalue weighted by Gasteiger charge is 2.13. The fourth-order valence-electron chi connectivity index (χ4n) is 2.46. The summed E-state index contributed by atoms with van der Waals surface area (Å²) >= 11 is 3.27. The third-order valence-corrected chi connectivity index (χ3v) is 4.54. The molecule has 0 saturated carbocycles. The summed E-state index contributed by atoms with van der Waals surface area (Å²) < 4.78 is 5.87. The number of rotatable bonds is 6. The number of halogens is 1. The molecule has 0 radical (unpaired) electrons. The highest BCUT2D eigenvalue weighted by Crippen LogP contribution is 2.35. The lowest BCUT2D eigenvalue weighted by molar-refractivity contribution is -0.120. The van der Waals surface area contributed by atoms with E-state index in [1.807, 2.05) is 19.1 Å². The van der Waals surface area contributed by atoms with Gasteiger partial charge in [-0.25, -0.2) is 5.43 Å². The molecule has 2 aromatic carbocycles. The van der Waals surface area contributed by atoms with E-state index < -0.39 is 0 Å². The van der Waals surface area contributed by atoms with E-state index in [0.29, 0.717) is 22.4 Å². The first-order chi connectivity index (χ1) is 12.7. The van der Waals surface area contributed by atoms with Crippen LogP contribution in [-0.4, -0.2) is 23.8 Å². The Kier molecular flexibility index (Phi) is 7.02. The fraction of sp³-hybridized carbons (Fsp3) is 0.333. The summed E-state index contributed by atoms with van der Waals surface area (Å²) in [5, 5.41) is 13.9. The third kappa shape index (κ3) is 6.10. The van der Waals surface area contributed by atoms with Gasteiger partial charge in [-0.15, -0.1) is 0 Å². The van der Waals surface area contributed by atoms with Gasteiger partial charge < -0.3 is 9.84 Å². The Labute approximate surface area is 168 Å². The van der Waals surface area contributed by atoms with E-state index in [2.05, 4.69) is 59.4 Å². The minimum atomic E-state index is -0.197. The number of amides is 1. The van der Waals surface area contributed by atoms with Crippen LogP contribution < -0.4 is 10.2 Å². The van der Waals surface area contributed by atoms with E-state index in [1.165, 1.54) is 11.8 Å². The van der Waals surface area contributed by atoms with Crippen LogP contribution in [0.2, 0.25) is 0 Å². The Hall–Kier alpha value is -2.34. The third-order valence-electron chi connectivity index (χ3n) is 3.94. The molecule has 0 saturated heterocycles. The molecule has 0 aliphatic heterocycles. The van der Waals surface area contributed by atoms with Crippen LogP contribution in [0.4, 0.5) is 0 Å². The van der Waals surface area contributed by atoms with Crippen molar-refractivity contribution in [3.63, 3.8) is 0 Å². The molecule has 2 rings (SSSR count). The van der Waals surface area contributed by atoms with Crippen LogP contribution in [0.15, 0.2) is 46.0 Å². The molecule has 0 aliphatic rings. The monoisotopic (exact) mass is 432 g/mol. The molecule has 0 bridgehead atoms. The summed E-state index contributed by atoms with van der Waals surface area (Å²) in [7, 11) is 0. The van der Waals surface area contributed by atoms with E-state index in [4.69, 9.17) is 4.74 Å². The molecule has 144 valence electrons. The van der Waals surface area contributed by atoms with Gasteiger partial charge >= 0.3 is 0 Å². The van der Waals surface area contributed by atoms with Gasteiger partial charge in [-0.05, 0) is 57.1 Å². The van der Waals surface area contributed by atoms with Gasteiger partial charge in [0, 0.05) is 0 Å². The number of ether oxygens (including phenoxy) is 1. The van der Waals surface area contributed by atoms with Gasteiger partial charge in [-0.2, -0.15) is 5.10 Å². The van der Waals surface area contributed by atoms with Gasteiger partial charge in [0.25, 0.3) is 0 Å². The van der Waals surface area contributed by atoms with Crippen LogP contribution in [0, 0.1) is 0 Å². The van der Waals surface area contributed by atoms with Crippen molar-refractivity contribution in [2.75, 3.05) is 6.61 Å². The molecule has 27 heavy (non-hydrogen) atoms. The number of hydrazone groups is 1. The van der Waals surface area contributed by atoms with Crippen LogP contribution in [0.1, 0.15) is 44.4 Å². The molecule has 0 heterocycles. The lowest BCUT2D eigenvalue weighted by Gasteiger charge is -2.19. The minimum absolute atomic E-state index is 0.0386. The lowest BCUT2D eigenvalue weighted by Crippen LogP contribution is -2.20. The number of benzene rings is 2. The highest BCUT2D eigenvalue weighted by atomic mass is 79.9. The molecule has 0 aromatic heterocycles. The second-order valence-corrected chi connectivity index (χ2v) is 8.05. The van der Waals surface area contributed by atoms with Crippen molar-refractivity contribution in [2.24, 2.45) is 5.10 Å². The summed E-state index contributed by atoms with van der Waals surface area (Å²) in [5.41, 5.74) is 5.46. The maximum atomic E-state index is 12.1. The van der Waals surface area contributed by atoms with E-state index >= 15 is 0 Å². The molecule has 5 nitrogen and oxygen atoms in total. The van der Waals surface area contributed by atoms with Gasteiger partial charge in [0.1, 0.15) is 0 Å². The number of nitrogens with zero attached hydrogens (tertiary/aromatic N) is 1. The zero-order valence-corrected chi connectivity index (χ0v) is 17.6. The highest BCUT2D eigenvalue weighted by molar-refractivity contribution is 9.10. The first-order valence-corrected chi connectivity index (χ1v) is 9.56. The number of phenolic OH excluding ortho intramolecular Hbond substituents is 1. The van der Waals surface area contributed by atoms with Crippen molar-refractivity contribution in [1.82, 2.24) is 5.43 Å². The average Bonchev–Trinajstić information content (AvgIpc) is 2.59. The second-order valence-electron chi connectivity index (χ2n) is 7.20. The van der Waals surface area contributed by atoms with Gasteiger partial charge in [0.15, 0.2) is 11.5 Å². The van der Waals surface area contributed by atoms with Gasteiger partial charge in [0.2, 0.25) is 5.91 Å². The van der Waals surface area contributed by atoms with E-state index in [9.17, 15) is 9.90 Å². The maximum Gasteiger partial charge on any atom is 0.244 e. The summed E-state index contributed by atoms with van der Waals surface area (Å²) in [6, 6.07) is 11.4. The number of aromatic hydroxyl groups is 1. The molecule has 2 N–H and O–H groups in total. The molecular formula is C21H25BrN2O3. The molecular weight excluding hydrogens is 408 g/mol. The molecule has 2 aromatic rings. The van der Waals surface area contributed by atoms with Gasteiger partial charge in [-0.3, -0.25) is 4.79 Å². The van der Waals surface area contributed by atoms with Gasteiger partial charge in [0.05, 0.1) is 23.7 Å². The van der Waals surface area contributed by atoms with Crippen molar-refractivity contribution in [1.29, 1.82) is 0 Å². The topological polar surface area (TPSA) is 70.9 Å². The molecule has 6 heteroatoms. The first-order valence-electron chi connectivity index (χ1n) is 8.77. The zero-order chi connectivity index (χ0) is 20.0. The summed E-state index contributed by atoms with van der Waals surface area (Å²) in [5.74, 6) is 0.202. The van der Waals surface area contributed by atoms with Crippen molar-refractivity contribution >= 4 is 28.1 Å². The SMILES string of the molecule is CCOc1cc(C=NNC(=O)Cc2ccc(C(C)(C)C)cc2)cc(Br)c1O. The summed E-state index contributed by atoms with van der Waals surface area (Å²) in [6.07, 6.45) is 1.76. The van der Waals surface area contributed by atoms with Crippen molar-refractivity contribution in [3.05, 3.63) is 57.6 Å². The summed E-state index contributed by atoms with van der Waals surface area (Å²) in [6.45, 7) is 8.74. The van der Waals surface area contributed by atoms with Crippen molar-refractivity contribution in [2.45, 2.75) is 39.5 Å². The van der Waals surface area contributed by atoms with E-state index in [0.717, 1.165) is 5.56 Å². The normalized spacial score (nSPS) is 11.6. The number of carbonyl (C=O) groups is 1.